The van der Waals surface area contributed by atoms with Gasteiger partial charge in [-0.2, -0.15) is 0 Å². The number of nitrogens with one attached hydrogen (secondary N) is 1. The molecule has 1 aliphatic carbocycles. The average molecular weight is 362 g/mol. The molecule has 26 heavy (non-hydrogen) atoms. The first-order chi connectivity index (χ1) is 12.4. The Kier molecular flexibility index (Phi) is 5.98. The molecule has 2 unspecified atom stereocenters. The van der Waals surface area contributed by atoms with Crippen molar-refractivity contribution >= 4 is 5.97 Å². The second-order valence-electron chi connectivity index (χ2n) is 8.45. The van der Waals surface area contributed by atoms with Crippen LogP contribution in [0.25, 0.3) is 0 Å². The molecule has 1 aromatic carbocycles. The molecule has 0 radical (unpaired) electrons. The van der Waals surface area contributed by atoms with Crippen molar-refractivity contribution in [1.82, 2.24) is 10.2 Å². The van der Waals surface area contributed by atoms with Gasteiger partial charge in [-0.25, -0.2) is 4.39 Å². The van der Waals surface area contributed by atoms with Gasteiger partial charge in [-0.3, -0.25) is 4.79 Å². The van der Waals surface area contributed by atoms with Crippen LogP contribution in [0.1, 0.15) is 43.7 Å². The first-order valence-electron chi connectivity index (χ1n) is 9.79. The highest BCUT2D eigenvalue weighted by Gasteiger charge is 2.38. The summed E-state index contributed by atoms with van der Waals surface area (Å²) >= 11 is 0. The van der Waals surface area contributed by atoms with E-state index in [1.165, 1.54) is 12.0 Å². The highest BCUT2D eigenvalue weighted by atomic mass is 19.1. The minimum absolute atomic E-state index is 0.142. The molecule has 4 nitrogen and oxygen atoms in total. The zero-order chi connectivity index (χ0) is 18.7. The van der Waals surface area contributed by atoms with E-state index < -0.39 is 5.97 Å². The van der Waals surface area contributed by atoms with Crippen molar-refractivity contribution < 1.29 is 14.3 Å². The van der Waals surface area contributed by atoms with Gasteiger partial charge in [0.15, 0.2) is 0 Å². The van der Waals surface area contributed by atoms with E-state index in [0.29, 0.717) is 18.2 Å². The van der Waals surface area contributed by atoms with Gasteiger partial charge in [0.2, 0.25) is 0 Å². The molecule has 1 saturated carbocycles. The molecule has 2 N–H and O–H groups in total. The Balaban J connectivity index is 1.64. The van der Waals surface area contributed by atoms with E-state index in [4.69, 9.17) is 5.11 Å². The molecule has 1 saturated heterocycles. The second-order valence-corrected chi connectivity index (χ2v) is 8.45. The highest BCUT2D eigenvalue weighted by molar-refractivity contribution is 5.66. The van der Waals surface area contributed by atoms with Gasteiger partial charge in [-0.15, -0.1) is 0 Å². The number of carboxylic acid groups (broad SMARTS) is 1. The fraction of sp³-hybridized carbons (Fsp3) is 0.667. The third-order valence-corrected chi connectivity index (χ3v) is 6.21. The molecule has 1 heterocycles. The van der Waals surface area contributed by atoms with Gasteiger partial charge < -0.3 is 15.3 Å². The predicted octanol–water partition coefficient (Wildman–Crippen LogP) is 3.23. The maximum atomic E-state index is 13.6. The minimum atomic E-state index is -0.729. The molecular weight excluding hydrogens is 331 g/mol. The fourth-order valence-corrected chi connectivity index (χ4v) is 4.12. The summed E-state index contributed by atoms with van der Waals surface area (Å²) in [6, 6.07) is 6.12. The van der Waals surface area contributed by atoms with E-state index in [0.717, 1.165) is 44.8 Å². The number of nitrogens with zero attached hydrogens (tertiary/aromatic N) is 1. The number of rotatable bonds is 8. The number of aliphatic carboxylic acids is 1. The van der Waals surface area contributed by atoms with Crippen molar-refractivity contribution in [3.63, 3.8) is 0 Å². The van der Waals surface area contributed by atoms with E-state index in [9.17, 15) is 9.18 Å². The predicted molar refractivity (Wildman–Crippen MR) is 101 cm³/mol. The van der Waals surface area contributed by atoms with Gasteiger partial charge in [0.1, 0.15) is 5.82 Å². The number of carbonyl (C=O) groups is 1. The Morgan fingerprint density at radius 3 is 2.65 bits per heavy atom. The van der Waals surface area contributed by atoms with Crippen LogP contribution in [-0.2, 0) is 11.2 Å². The second kappa shape index (κ2) is 8.05. The van der Waals surface area contributed by atoms with Gasteiger partial charge >= 0.3 is 5.97 Å². The maximum absolute atomic E-state index is 13.6. The number of aryl methyl sites for hydroxylation is 1. The lowest BCUT2D eigenvalue weighted by molar-refractivity contribution is -0.137. The van der Waals surface area contributed by atoms with Gasteiger partial charge in [0.25, 0.3) is 0 Å². The van der Waals surface area contributed by atoms with Gasteiger partial charge in [-0.1, -0.05) is 19.1 Å². The number of likely N-dealkylation sites (tertiary alicyclic amines) is 1. The van der Waals surface area contributed by atoms with Crippen molar-refractivity contribution in [3.8, 4) is 0 Å². The molecule has 5 heteroatoms. The van der Waals surface area contributed by atoms with E-state index in [2.05, 4.69) is 17.1 Å². The molecule has 3 rings (SSSR count). The lowest BCUT2D eigenvalue weighted by Gasteiger charge is -2.42. The van der Waals surface area contributed by atoms with E-state index in [1.54, 1.807) is 6.07 Å². The van der Waals surface area contributed by atoms with E-state index in [1.807, 2.05) is 19.1 Å². The quantitative estimate of drug-likeness (QED) is 0.745. The van der Waals surface area contributed by atoms with Gasteiger partial charge in [0, 0.05) is 19.1 Å². The molecule has 0 spiro atoms. The van der Waals surface area contributed by atoms with Crippen LogP contribution >= 0.6 is 0 Å². The molecule has 2 fully saturated rings. The Morgan fingerprint density at radius 2 is 2.08 bits per heavy atom. The topological polar surface area (TPSA) is 52.6 Å². The third kappa shape index (κ3) is 5.04. The largest absolute Gasteiger partial charge is 0.481 e. The molecule has 1 aromatic rings. The maximum Gasteiger partial charge on any atom is 0.304 e. The Bertz CT molecular complexity index is 641. The number of carboxylic acids is 1. The van der Waals surface area contributed by atoms with Crippen LogP contribution < -0.4 is 5.32 Å². The lowest BCUT2D eigenvalue weighted by atomic mass is 9.73. The smallest absolute Gasteiger partial charge is 0.304 e. The number of hydrogen-bond donors (Lipinski definition) is 2. The zero-order valence-corrected chi connectivity index (χ0v) is 15.9. The Labute approximate surface area is 155 Å². The lowest BCUT2D eigenvalue weighted by Crippen LogP contribution is -2.47. The van der Waals surface area contributed by atoms with Crippen molar-refractivity contribution in [2.24, 2.45) is 11.3 Å². The third-order valence-electron chi connectivity index (χ3n) is 6.21. The molecular formula is C21H31FN2O2. The summed E-state index contributed by atoms with van der Waals surface area (Å²) in [6.45, 7) is 7.61. The Morgan fingerprint density at radius 1 is 1.38 bits per heavy atom. The zero-order valence-electron chi connectivity index (χ0n) is 15.9. The van der Waals surface area contributed by atoms with Crippen molar-refractivity contribution in [1.29, 1.82) is 0 Å². The summed E-state index contributed by atoms with van der Waals surface area (Å²) in [5.41, 5.74) is 2.08. The first kappa shape index (κ1) is 19.3. The fourth-order valence-electron chi connectivity index (χ4n) is 4.12. The average Bonchev–Trinajstić information content (AvgIpc) is 3.31. The number of hydrogen-bond acceptors (Lipinski definition) is 3. The van der Waals surface area contributed by atoms with E-state index >= 15 is 0 Å². The summed E-state index contributed by atoms with van der Waals surface area (Å²) in [5, 5.41) is 12.6. The number of halogens is 1. The molecule has 2 atom stereocenters. The standard InChI is InChI=1S/C21H31FN2O2/c1-15-11-17(3-4-18(15)22)13-21(14-23-19-12-16(19)2)6-9-24(10-7-21)8-5-20(25)26/h3-4,11,16,19,23H,5-10,12-14H2,1-2H3,(H,25,26). The summed E-state index contributed by atoms with van der Waals surface area (Å²) in [7, 11) is 0. The SMILES string of the molecule is Cc1cc(CC2(CNC3CC3C)CCN(CCC(=O)O)CC2)ccc1F. The van der Waals surface area contributed by atoms with Crippen LogP contribution in [0.3, 0.4) is 0 Å². The molecule has 144 valence electrons. The van der Waals surface area contributed by atoms with Crippen LogP contribution in [0.4, 0.5) is 4.39 Å². The summed E-state index contributed by atoms with van der Waals surface area (Å²) in [5.74, 6) is -0.0972. The van der Waals surface area contributed by atoms with Crippen LogP contribution in [0, 0.1) is 24.1 Å². The monoisotopic (exact) mass is 362 g/mol. The molecule has 0 amide bonds. The first-order valence-corrected chi connectivity index (χ1v) is 9.79. The van der Waals surface area contributed by atoms with Gasteiger partial charge in [-0.05, 0) is 74.2 Å². The van der Waals surface area contributed by atoms with Crippen LogP contribution in [0.5, 0.6) is 0 Å². The molecule has 0 bridgehead atoms. The number of benzene rings is 1. The van der Waals surface area contributed by atoms with Crippen molar-refractivity contribution in [2.75, 3.05) is 26.2 Å². The Hall–Kier alpha value is -1.46. The highest BCUT2D eigenvalue weighted by Crippen LogP contribution is 2.37. The molecule has 2 aliphatic rings. The van der Waals surface area contributed by atoms with Crippen LogP contribution in [-0.4, -0.2) is 48.2 Å². The minimum Gasteiger partial charge on any atom is -0.481 e. The summed E-state index contributed by atoms with van der Waals surface area (Å²) in [6.07, 6.45) is 4.53. The summed E-state index contributed by atoms with van der Waals surface area (Å²) < 4.78 is 13.6. The van der Waals surface area contributed by atoms with Gasteiger partial charge in [0.05, 0.1) is 6.42 Å². The van der Waals surface area contributed by atoms with Crippen LogP contribution in [0.15, 0.2) is 18.2 Å². The van der Waals surface area contributed by atoms with E-state index in [-0.39, 0.29) is 17.7 Å². The van der Waals surface area contributed by atoms with Crippen molar-refractivity contribution in [3.05, 3.63) is 35.1 Å². The normalized spacial score (nSPS) is 25.2. The molecule has 0 aromatic heterocycles. The number of piperidine rings is 1. The molecule has 1 aliphatic heterocycles. The summed E-state index contributed by atoms with van der Waals surface area (Å²) in [4.78, 5) is 13.1. The van der Waals surface area contributed by atoms with Crippen molar-refractivity contribution in [2.45, 2.75) is 52.0 Å². The van der Waals surface area contributed by atoms with Crippen LogP contribution in [0.2, 0.25) is 0 Å².